The Bertz CT molecular complexity index is 402. The molecule has 0 spiro atoms. The van der Waals surface area contributed by atoms with Gasteiger partial charge in [-0.15, -0.1) is 0 Å². The second-order valence-electron chi connectivity index (χ2n) is 4.18. The minimum absolute atomic E-state index is 0.226. The molecule has 8 heteroatoms. The van der Waals surface area contributed by atoms with Crippen LogP contribution in [0.2, 0.25) is 0 Å². The molecule has 0 bridgehead atoms. The van der Waals surface area contributed by atoms with Crippen LogP contribution in [0.4, 0.5) is 0 Å². The summed E-state index contributed by atoms with van der Waals surface area (Å²) in [5.41, 5.74) is 4.07. The molecule has 1 saturated heterocycles. The van der Waals surface area contributed by atoms with Gasteiger partial charge in [0.15, 0.2) is 0 Å². The quantitative estimate of drug-likeness (QED) is 0.176. The first kappa shape index (κ1) is 12.9. The average molecular weight is 242 g/mol. The van der Waals surface area contributed by atoms with Gasteiger partial charge in [-0.05, 0) is 13.8 Å². The Kier molecular flexibility index (Phi) is 3.35. The standard InChI is InChI=1S/C9H14N4O4/c1-9(2)8(16)11-6(14)4-13(9)7(15)3-5(10)12-17/h17H,3-4H2,1-2H3,(H2,10,12)(H,11,14,16). The predicted octanol–water partition coefficient (Wildman–Crippen LogP) is -1.61. The zero-order chi connectivity index (χ0) is 13.2. The zero-order valence-electron chi connectivity index (χ0n) is 9.56. The lowest BCUT2D eigenvalue weighted by Crippen LogP contribution is -2.65. The van der Waals surface area contributed by atoms with Crippen molar-refractivity contribution in [2.24, 2.45) is 10.9 Å². The molecule has 1 heterocycles. The van der Waals surface area contributed by atoms with Crippen LogP contribution in [0.1, 0.15) is 20.3 Å². The Morgan fingerprint density at radius 1 is 1.59 bits per heavy atom. The van der Waals surface area contributed by atoms with Crippen LogP contribution in [-0.4, -0.2) is 45.7 Å². The summed E-state index contributed by atoms with van der Waals surface area (Å²) in [4.78, 5) is 35.7. The van der Waals surface area contributed by atoms with Gasteiger partial charge in [0.25, 0.3) is 5.91 Å². The fraction of sp³-hybridized carbons (Fsp3) is 0.556. The number of hydrogen-bond acceptors (Lipinski definition) is 5. The Balaban J connectivity index is 2.90. The Morgan fingerprint density at radius 2 is 2.18 bits per heavy atom. The van der Waals surface area contributed by atoms with Gasteiger partial charge in [-0.25, -0.2) is 0 Å². The van der Waals surface area contributed by atoms with Crippen molar-refractivity contribution in [2.75, 3.05) is 6.54 Å². The summed E-state index contributed by atoms with van der Waals surface area (Å²) in [6.07, 6.45) is -0.347. The summed E-state index contributed by atoms with van der Waals surface area (Å²) in [5.74, 6) is -1.93. The molecule has 94 valence electrons. The van der Waals surface area contributed by atoms with Crippen LogP contribution in [-0.2, 0) is 14.4 Å². The fourth-order valence-electron chi connectivity index (χ4n) is 1.47. The molecular formula is C9H14N4O4. The lowest BCUT2D eigenvalue weighted by molar-refractivity contribution is -0.154. The van der Waals surface area contributed by atoms with Gasteiger partial charge >= 0.3 is 0 Å². The van der Waals surface area contributed by atoms with Crippen molar-refractivity contribution in [3.05, 3.63) is 0 Å². The van der Waals surface area contributed by atoms with Crippen LogP contribution in [0.5, 0.6) is 0 Å². The molecule has 0 aliphatic carbocycles. The number of carbonyl (C=O) groups excluding carboxylic acids is 3. The molecule has 8 nitrogen and oxygen atoms in total. The lowest BCUT2D eigenvalue weighted by Gasteiger charge is -2.40. The molecule has 1 rings (SSSR count). The molecule has 3 amide bonds. The van der Waals surface area contributed by atoms with Crippen LogP contribution >= 0.6 is 0 Å². The number of rotatable bonds is 2. The van der Waals surface area contributed by atoms with Crippen molar-refractivity contribution >= 4 is 23.6 Å². The summed E-state index contributed by atoms with van der Waals surface area (Å²) in [6, 6.07) is 0. The minimum Gasteiger partial charge on any atom is -0.409 e. The van der Waals surface area contributed by atoms with E-state index in [0.29, 0.717) is 0 Å². The maximum atomic E-state index is 11.8. The van der Waals surface area contributed by atoms with Crippen LogP contribution in [0.25, 0.3) is 0 Å². The normalized spacial score (nSPS) is 20.1. The van der Waals surface area contributed by atoms with Gasteiger partial charge in [-0.2, -0.15) is 0 Å². The summed E-state index contributed by atoms with van der Waals surface area (Å²) >= 11 is 0. The van der Waals surface area contributed by atoms with Gasteiger partial charge in [-0.1, -0.05) is 5.16 Å². The highest BCUT2D eigenvalue weighted by atomic mass is 16.4. The number of piperazine rings is 1. The van der Waals surface area contributed by atoms with E-state index < -0.39 is 23.3 Å². The average Bonchev–Trinajstić information content (AvgIpc) is 2.23. The number of carbonyl (C=O) groups is 3. The van der Waals surface area contributed by atoms with Gasteiger partial charge in [0, 0.05) is 0 Å². The molecule has 0 aromatic carbocycles. The van der Waals surface area contributed by atoms with Crippen molar-refractivity contribution in [3.63, 3.8) is 0 Å². The Labute approximate surface area is 97.4 Å². The molecule has 0 radical (unpaired) electrons. The number of hydrogen-bond donors (Lipinski definition) is 3. The number of nitrogens with one attached hydrogen (secondary N) is 1. The van der Waals surface area contributed by atoms with Gasteiger partial charge < -0.3 is 15.8 Å². The molecule has 4 N–H and O–H groups in total. The van der Waals surface area contributed by atoms with E-state index in [9.17, 15) is 14.4 Å². The van der Waals surface area contributed by atoms with Crippen molar-refractivity contribution in [1.29, 1.82) is 0 Å². The fourth-order valence-corrected chi connectivity index (χ4v) is 1.47. The Hall–Kier alpha value is -2.12. The molecule has 17 heavy (non-hydrogen) atoms. The van der Waals surface area contributed by atoms with E-state index in [2.05, 4.69) is 10.5 Å². The summed E-state index contributed by atoms with van der Waals surface area (Å²) in [5, 5.41) is 13.2. The lowest BCUT2D eigenvalue weighted by atomic mass is 9.98. The molecule has 0 unspecified atom stereocenters. The van der Waals surface area contributed by atoms with Gasteiger partial charge in [0.05, 0.1) is 6.42 Å². The minimum atomic E-state index is -1.14. The number of nitrogens with two attached hydrogens (primary N) is 1. The molecule has 0 atom stereocenters. The second kappa shape index (κ2) is 4.40. The molecule has 1 aliphatic heterocycles. The predicted molar refractivity (Wildman–Crippen MR) is 57.0 cm³/mol. The summed E-state index contributed by atoms with van der Waals surface area (Å²) in [6.45, 7) is 2.80. The zero-order valence-corrected chi connectivity index (χ0v) is 9.56. The Morgan fingerprint density at radius 3 is 2.71 bits per heavy atom. The highest BCUT2D eigenvalue weighted by Crippen LogP contribution is 2.19. The first-order valence-corrected chi connectivity index (χ1v) is 4.90. The van der Waals surface area contributed by atoms with Crippen LogP contribution in [0.15, 0.2) is 5.16 Å². The van der Waals surface area contributed by atoms with E-state index in [0.717, 1.165) is 4.90 Å². The number of amides is 3. The van der Waals surface area contributed by atoms with E-state index in [1.54, 1.807) is 0 Å². The maximum Gasteiger partial charge on any atom is 0.252 e. The number of amidine groups is 1. The van der Waals surface area contributed by atoms with Gasteiger partial charge in [0.1, 0.15) is 17.9 Å². The van der Waals surface area contributed by atoms with Crippen molar-refractivity contribution in [2.45, 2.75) is 25.8 Å². The number of oxime groups is 1. The maximum absolute atomic E-state index is 11.8. The molecule has 0 aromatic heterocycles. The van der Waals surface area contributed by atoms with E-state index in [4.69, 9.17) is 10.9 Å². The van der Waals surface area contributed by atoms with Gasteiger partial charge in [-0.3, -0.25) is 19.7 Å². The molecular weight excluding hydrogens is 228 g/mol. The van der Waals surface area contributed by atoms with Crippen molar-refractivity contribution in [1.82, 2.24) is 10.2 Å². The topological polar surface area (TPSA) is 125 Å². The highest BCUT2D eigenvalue weighted by molar-refractivity contribution is 6.08. The van der Waals surface area contributed by atoms with E-state index in [1.165, 1.54) is 13.8 Å². The first-order valence-electron chi connectivity index (χ1n) is 4.90. The van der Waals surface area contributed by atoms with E-state index >= 15 is 0 Å². The smallest absolute Gasteiger partial charge is 0.252 e. The van der Waals surface area contributed by atoms with Gasteiger partial charge in [0.2, 0.25) is 11.8 Å². The monoisotopic (exact) mass is 242 g/mol. The third-order valence-electron chi connectivity index (χ3n) is 2.55. The molecule has 0 aromatic rings. The third-order valence-corrected chi connectivity index (χ3v) is 2.55. The first-order chi connectivity index (χ1) is 7.78. The van der Waals surface area contributed by atoms with E-state index in [-0.39, 0.29) is 18.8 Å². The van der Waals surface area contributed by atoms with Crippen LogP contribution < -0.4 is 11.1 Å². The molecule has 1 aliphatic rings. The number of imide groups is 1. The van der Waals surface area contributed by atoms with Crippen LogP contribution in [0.3, 0.4) is 0 Å². The largest absolute Gasteiger partial charge is 0.409 e. The summed E-state index contributed by atoms with van der Waals surface area (Å²) in [7, 11) is 0. The van der Waals surface area contributed by atoms with Crippen LogP contribution in [0, 0.1) is 0 Å². The SMILES string of the molecule is CC1(C)C(=O)NC(=O)CN1C(=O)C/C(N)=N/O. The molecule has 1 fully saturated rings. The van der Waals surface area contributed by atoms with E-state index in [1.807, 2.05) is 0 Å². The summed E-state index contributed by atoms with van der Waals surface area (Å²) < 4.78 is 0. The second-order valence-corrected chi connectivity index (χ2v) is 4.18. The highest BCUT2D eigenvalue weighted by Gasteiger charge is 2.43. The number of nitrogens with zero attached hydrogens (tertiary/aromatic N) is 2. The van der Waals surface area contributed by atoms with Crippen molar-refractivity contribution < 1.29 is 19.6 Å². The third kappa shape index (κ3) is 2.52. The van der Waals surface area contributed by atoms with Crippen molar-refractivity contribution in [3.8, 4) is 0 Å². The molecule has 0 saturated carbocycles.